The number of carbonyl (C=O) groups excluding carboxylic acids is 1. The number of benzene rings is 1. The molecule has 7 heteroatoms. The van der Waals surface area contributed by atoms with E-state index >= 15 is 0 Å². The van der Waals surface area contributed by atoms with Crippen molar-refractivity contribution >= 4 is 21.8 Å². The second kappa shape index (κ2) is 4.75. The Labute approximate surface area is 110 Å². The minimum absolute atomic E-state index is 0.00781. The topological polar surface area (TPSA) is 91.8 Å². The first-order valence-electron chi connectivity index (χ1n) is 5.66. The van der Waals surface area contributed by atoms with E-state index in [0.29, 0.717) is 5.56 Å². The van der Waals surface area contributed by atoms with Gasteiger partial charge in [-0.1, -0.05) is 12.1 Å². The molecule has 0 radical (unpaired) electrons. The van der Waals surface area contributed by atoms with Crippen LogP contribution in [0.1, 0.15) is 17.3 Å². The van der Waals surface area contributed by atoms with Gasteiger partial charge in [0, 0.05) is 18.7 Å². The molecule has 2 rings (SSSR count). The fourth-order valence-electron chi connectivity index (χ4n) is 1.80. The molecule has 102 valence electrons. The second-order valence-electron chi connectivity index (χ2n) is 4.44. The van der Waals surface area contributed by atoms with Gasteiger partial charge in [-0.25, -0.2) is 8.42 Å². The molecule has 0 saturated carbocycles. The molecule has 0 bridgehead atoms. The number of carboxylic acid groups (broad SMARTS) is 1. The number of rotatable bonds is 4. The van der Waals surface area contributed by atoms with Gasteiger partial charge >= 0.3 is 5.97 Å². The molecule has 1 aliphatic heterocycles. The number of sulfonamides is 1. The average molecular weight is 283 g/mol. The molecule has 6 nitrogen and oxygen atoms in total. The Morgan fingerprint density at radius 3 is 2.16 bits per heavy atom. The lowest BCUT2D eigenvalue weighted by Crippen LogP contribution is -2.52. The lowest BCUT2D eigenvalue weighted by Gasteiger charge is -2.35. The molecule has 0 aromatic heterocycles. The summed E-state index contributed by atoms with van der Waals surface area (Å²) in [5, 5.41) is 8.73. The highest BCUT2D eigenvalue weighted by atomic mass is 32.2. The van der Waals surface area contributed by atoms with Gasteiger partial charge in [0.2, 0.25) is 10.0 Å². The highest BCUT2D eigenvalue weighted by molar-refractivity contribution is 7.89. The smallest absolute Gasteiger partial charge is 0.309 e. The van der Waals surface area contributed by atoms with E-state index in [-0.39, 0.29) is 23.8 Å². The molecule has 1 heterocycles. The maximum absolute atomic E-state index is 12.1. The number of nitrogens with zero attached hydrogens (tertiary/aromatic N) is 1. The van der Waals surface area contributed by atoms with Crippen LogP contribution in [0.15, 0.2) is 29.2 Å². The first-order valence-corrected chi connectivity index (χ1v) is 7.10. The summed E-state index contributed by atoms with van der Waals surface area (Å²) in [5.41, 5.74) is 0.436. The van der Waals surface area contributed by atoms with Gasteiger partial charge in [-0.2, -0.15) is 4.31 Å². The van der Waals surface area contributed by atoms with Crippen molar-refractivity contribution < 1.29 is 23.1 Å². The Hall–Kier alpha value is -1.73. The van der Waals surface area contributed by atoms with Crippen LogP contribution in [0.3, 0.4) is 0 Å². The third kappa shape index (κ3) is 2.52. The molecule has 19 heavy (non-hydrogen) atoms. The maximum Gasteiger partial charge on any atom is 0.309 e. The fourth-order valence-corrected chi connectivity index (χ4v) is 3.33. The third-order valence-electron chi connectivity index (χ3n) is 3.10. The zero-order valence-electron chi connectivity index (χ0n) is 10.2. The minimum Gasteiger partial charge on any atom is -0.481 e. The standard InChI is InChI=1S/C12H13NO5S/c1-8(14)9-2-4-11(5-3-9)19(17,18)13-6-10(7-13)12(15)16/h2-5,10H,6-7H2,1H3,(H,15,16). The van der Waals surface area contributed by atoms with E-state index in [0.717, 1.165) is 4.31 Å². The quantitative estimate of drug-likeness (QED) is 0.817. The molecule has 0 atom stereocenters. The van der Waals surface area contributed by atoms with Crippen LogP contribution >= 0.6 is 0 Å². The van der Waals surface area contributed by atoms with Crippen LogP contribution < -0.4 is 0 Å². The van der Waals surface area contributed by atoms with Crippen LogP contribution in [0.4, 0.5) is 0 Å². The Morgan fingerprint density at radius 2 is 1.74 bits per heavy atom. The molecular formula is C12H13NO5S. The van der Waals surface area contributed by atoms with E-state index in [1.54, 1.807) is 0 Å². The molecule has 1 aliphatic rings. The number of ketones is 1. The monoisotopic (exact) mass is 283 g/mol. The summed E-state index contributed by atoms with van der Waals surface area (Å²) in [7, 11) is -3.65. The Bertz CT molecular complexity index is 614. The van der Waals surface area contributed by atoms with Crippen molar-refractivity contribution in [3.05, 3.63) is 29.8 Å². The van der Waals surface area contributed by atoms with Crippen molar-refractivity contribution in [1.29, 1.82) is 0 Å². The number of aliphatic carboxylic acids is 1. The predicted molar refractivity (Wildman–Crippen MR) is 66.3 cm³/mol. The predicted octanol–water partition coefficient (Wildman–Crippen LogP) is 0.594. The van der Waals surface area contributed by atoms with Gasteiger partial charge in [0.15, 0.2) is 5.78 Å². The van der Waals surface area contributed by atoms with E-state index in [4.69, 9.17) is 5.11 Å². The molecule has 1 N–H and O–H groups in total. The van der Waals surface area contributed by atoms with E-state index in [1.807, 2.05) is 0 Å². The van der Waals surface area contributed by atoms with Crippen molar-refractivity contribution in [3.63, 3.8) is 0 Å². The number of Topliss-reactive ketones (excluding diaryl/α,β-unsaturated/α-hetero) is 1. The summed E-state index contributed by atoms with van der Waals surface area (Å²) in [6.07, 6.45) is 0. The van der Waals surface area contributed by atoms with E-state index in [9.17, 15) is 18.0 Å². The summed E-state index contributed by atoms with van der Waals surface area (Å²) >= 11 is 0. The summed E-state index contributed by atoms with van der Waals surface area (Å²) in [4.78, 5) is 21.8. The van der Waals surface area contributed by atoms with E-state index in [2.05, 4.69) is 0 Å². The van der Waals surface area contributed by atoms with Crippen LogP contribution in [0.25, 0.3) is 0 Å². The van der Waals surface area contributed by atoms with Crippen molar-refractivity contribution in [2.24, 2.45) is 5.92 Å². The summed E-state index contributed by atoms with van der Waals surface area (Å²) < 4.78 is 25.3. The zero-order valence-corrected chi connectivity index (χ0v) is 11.1. The minimum atomic E-state index is -3.65. The van der Waals surface area contributed by atoms with Crippen molar-refractivity contribution in [1.82, 2.24) is 4.31 Å². The molecule has 0 amide bonds. The van der Waals surface area contributed by atoms with Crippen LogP contribution in [0, 0.1) is 5.92 Å². The van der Waals surface area contributed by atoms with Crippen LogP contribution in [0.2, 0.25) is 0 Å². The Morgan fingerprint density at radius 1 is 1.21 bits per heavy atom. The Kier molecular flexibility index (Phi) is 3.42. The van der Waals surface area contributed by atoms with Crippen molar-refractivity contribution in [2.45, 2.75) is 11.8 Å². The van der Waals surface area contributed by atoms with Crippen molar-refractivity contribution in [3.8, 4) is 0 Å². The molecule has 1 aromatic carbocycles. The highest BCUT2D eigenvalue weighted by Crippen LogP contribution is 2.25. The molecule has 1 fully saturated rings. The van der Waals surface area contributed by atoms with Gasteiger partial charge in [0.1, 0.15) is 0 Å². The second-order valence-corrected chi connectivity index (χ2v) is 6.38. The number of hydrogen-bond donors (Lipinski definition) is 1. The first kappa shape index (κ1) is 13.7. The third-order valence-corrected chi connectivity index (χ3v) is 4.94. The summed E-state index contributed by atoms with van der Waals surface area (Å²) in [6, 6.07) is 5.62. The largest absolute Gasteiger partial charge is 0.481 e. The number of carbonyl (C=O) groups is 2. The average Bonchev–Trinajstić information content (AvgIpc) is 2.26. The van der Waals surface area contributed by atoms with Gasteiger partial charge in [-0.05, 0) is 19.1 Å². The number of hydrogen-bond acceptors (Lipinski definition) is 4. The molecule has 0 spiro atoms. The molecular weight excluding hydrogens is 270 g/mol. The normalized spacial score (nSPS) is 16.9. The lowest BCUT2D eigenvalue weighted by atomic mass is 10.0. The Balaban J connectivity index is 2.17. The molecule has 1 aromatic rings. The fraction of sp³-hybridized carbons (Fsp3) is 0.333. The van der Waals surface area contributed by atoms with Crippen LogP contribution in [-0.2, 0) is 14.8 Å². The van der Waals surface area contributed by atoms with Gasteiger partial charge < -0.3 is 5.11 Å². The van der Waals surface area contributed by atoms with Crippen molar-refractivity contribution in [2.75, 3.05) is 13.1 Å². The summed E-state index contributed by atoms with van der Waals surface area (Å²) in [6.45, 7) is 1.38. The van der Waals surface area contributed by atoms with Gasteiger partial charge in [0.05, 0.1) is 10.8 Å². The number of carboxylic acids is 1. The van der Waals surface area contributed by atoms with Crippen LogP contribution in [0.5, 0.6) is 0 Å². The molecule has 1 saturated heterocycles. The maximum atomic E-state index is 12.1. The van der Waals surface area contributed by atoms with E-state index < -0.39 is 21.9 Å². The van der Waals surface area contributed by atoms with Gasteiger partial charge in [-0.3, -0.25) is 9.59 Å². The highest BCUT2D eigenvalue weighted by Gasteiger charge is 2.40. The van der Waals surface area contributed by atoms with Gasteiger partial charge in [0.25, 0.3) is 0 Å². The SMILES string of the molecule is CC(=O)c1ccc(S(=O)(=O)N2CC(C(=O)O)C2)cc1. The van der Waals surface area contributed by atoms with E-state index in [1.165, 1.54) is 31.2 Å². The summed E-state index contributed by atoms with van der Waals surface area (Å²) in [5.74, 6) is -1.76. The zero-order chi connectivity index (χ0) is 14.2. The molecule has 0 aliphatic carbocycles. The lowest BCUT2D eigenvalue weighted by molar-refractivity contribution is -0.145. The van der Waals surface area contributed by atoms with Gasteiger partial charge in [-0.15, -0.1) is 0 Å². The van der Waals surface area contributed by atoms with Crippen LogP contribution in [-0.4, -0.2) is 42.7 Å². The molecule has 0 unspecified atom stereocenters. The first-order chi connectivity index (χ1) is 8.82.